The lowest BCUT2D eigenvalue weighted by Crippen LogP contribution is -2.27. The number of carbonyl (C=O) groups is 1. The van der Waals surface area contributed by atoms with Crippen molar-refractivity contribution < 1.29 is 13.2 Å². The molecule has 0 aliphatic rings. The third-order valence-corrected chi connectivity index (χ3v) is 6.57. The molecule has 1 heterocycles. The molecule has 0 atom stereocenters. The number of halogens is 1. The lowest BCUT2D eigenvalue weighted by molar-refractivity contribution is 0.0785. The first-order valence-corrected chi connectivity index (χ1v) is 10.3. The van der Waals surface area contributed by atoms with E-state index in [1.807, 2.05) is 24.3 Å². The molecule has 0 bridgehead atoms. The minimum atomic E-state index is -3.66. The largest absolute Gasteiger partial charge is 0.335 e. The Bertz CT molecular complexity index is 1050. The number of hydrogen-bond donors (Lipinski definition) is 1. The van der Waals surface area contributed by atoms with Crippen LogP contribution >= 0.6 is 22.9 Å². The summed E-state index contributed by atoms with van der Waals surface area (Å²) < 4.78 is 27.2. The highest BCUT2D eigenvalue weighted by Gasteiger charge is 2.20. The van der Waals surface area contributed by atoms with Gasteiger partial charge in [-0.25, -0.2) is 18.1 Å². The van der Waals surface area contributed by atoms with E-state index >= 15 is 0 Å². The van der Waals surface area contributed by atoms with Crippen LogP contribution in [0.2, 0.25) is 5.02 Å². The molecule has 1 aromatic heterocycles. The van der Waals surface area contributed by atoms with Gasteiger partial charge in [-0.05, 0) is 37.4 Å². The lowest BCUT2D eigenvalue weighted by atomic mass is 10.2. The van der Waals surface area contributed by atoms with Gasteiger partial charge in [-0.2, -0.15) is 0 Å². The van der Waals surface area contributed by atoms with Gasteiger partial charge in [0.25, 0.3) is 5.91 Å². The summed E-state index contributed by atoms with van der Waals surface area (Å²) in [7, 11) is -0.723. The summed E-state index contributed by atoms with van der Waals surface area (Å²) in [6, 6.07) is 11.8. The average Bonchev–Trinajstić information content (AvgIpc) is 3.03. The van der Waals surface area contributed by atoms with Crippen molar-refractivity contribution in [2.75, 3.05) is 14.1 Å². The number of aromatic nitrogens is 1. The highest BCUT2D eigenvalue weighted by molar-refractivity contribution is 7.89. The second-order valence-electron chi connectivity index (χ2n) is 5.59. The molecule has 1 N–H and O–H groups in total. The van der Waals surface area contributed by atoms with Crippen LogP contribution in [0.15, 0.2) is 47.4 Å². The van der Waals surface area contributed by atoms with Crippen molar-refractivity contribution in [3.63, 3.8) is 0 Å². The fourth-order valence-corrected chi connectivity index (χ4v) is 4.40. The smallest absolute Gasteiger partial charge is 0.255 e. The van der Waals surface area contributed by atoms with Crippen LogP contribution in [0, 0.1) is 0 Å². The number of fused-ring (bicyclic) bond motifs is 1. The molecule has 0 unspecified atom stereocenters. The Hall–Kier alpha value is -2.00. The number of amides is 1. The van der Waals surface area contributed by atoms with Gasteiger partial charge in [0.15, 0.2) is 0 Å². The fraction of sp³-hybridized carbons (Fsp3) is 0.176. The van der Waals surface area contributed by atoms with E-state index in [4.69, 9.17) is 11.6 Å². The molecule has 0 aliphatic carbocycles. The molecule has 0 saturated heterocycles. The second-order valence-corrected chi connectivity index (χ2v) is 8.99. The van der Waals surface area contributed by atoms with Crippen LogP contribution < -0.4 is 4.72 Å². The monoisotopic (exact) mass is 409 g/mol. The first kappa shape index (κ1) is 18.8. The highest BCUT2D eigenvalue weighted by atomic mass is 35.5. The van der Waals surface area contributed by atoms with Crippen LogP contribution in [0.4, 0.5) is 0 Å². The number of benzene rings is 2. The molecule has 0 saturated carbocycles. The normalized spacial score (nSPS) is 11.7. The Morgan fingerprint density at radius 2 is 2.00 bits per heavy atom. The van der Waals surface area contributed by atoms with E-state index in [1.165, 1.54) is 41.5 Å². The van der Waals surface area contributed by atoms with Crippen LogP contribution in [0.1, 0.15) is 15.4 Å². The van der Waals surface area contributed by atoms with Gasteiger partial charge < -0.3 is 4.90 Å². The molecule has 1 amide bonds. The van der Waals surface area contributed by atoms with Gasteiger partial charge >= 0.3 is 0 Å². The fourth-order valence-electron chi connectivity index (χ4n) is 2.42. The Morgan fingerprint density at radius 1 is 1.27 bits per heavy atom. The molecule has 26 heavy (non-hydrogen) atoms. The van der Waals surface area contributed by atoms with Gasteiger partial charge in [-0.1, -0.05) is 23.7 Å². The maximum Gasteiger partial charge on any atom is 0.255 e. The molecule has 0 spiro atoms. The highest BCUT2D eigenvalue weighted by Crippen LogP contribution is 2.25. The van der Waals surface area contributed by atoms with E-state index < -0.39 is 10.0 Å². The molecular weight excluding hydrogens is 394 g/mol. The molecule has 3 rings (SSSR count). The van der Waals surface area contributed by atoms with Crippen LogP contribution in [-0.4, -0.2) is 38.3 Å². The van der Waals surface area contributed by atoms with Gasteiger partial charge in [-0.3, -0.25) is 4.79 Å². The van der Waals surface area contributed by atoms with Crippen molar-refractivity contribution in [3.8, 4) is 0 Å². The van der Waals surface area contributed by atoms with Crippen LogP contribution in [0.5, 0.6) is 0 Å². The number of sulfonamides is 1. The molecule has 6 nitrogen and oxygen atoms in total. The van der Waals surface area contributed by atoms with Crippen molar-refractivity contribution in [1.82, 2.24) is 14.6 Å². The van der Waals surface area contributed by atoms with Gasteiger partial charge in [-0.15, -0.1) is 11.3 Å². The van der Waals surface area contributed by atoms with E-state index in [2.05, 4.69) is 9.71 Å². The van der Waals surface area contributed by atoms with Crippen LogP contribution in [-0.2, 0) is 16.6 Å². The summed E-state index contributed by atoms with van der Waals surface area (Å²) >= 11 is 7.63. The molecule has 9 heteroatoms. The number of nitrogens with zero attached hydrogens (tertiary/aromatic N) is 2. The molecule has 136 valence electrons. The predicted octanol–water partition coefficient (Wildman–Crippen LogP) is 3.13. The lowest BCUT2D eigenvalue weighted by Gasteiger charge is -2.17. The molecule has 0 radical (unpaired) electrons. The van der Waals surface area contributed by atoms with Crippen LogP contribution in [0.3, 0.4) is 0 Å². The second kappa shape index (κ2) is 7.32. The minimum absolute atomic E-state index is 0.0128. The Kier molecular flexibility index (Phi) is 5.29. The van der Waals surface area contributed by atoms with Crippen molar-refractivity contribution in [1.29, 1.82) is 0 Å². The Balaban J connectivity index is 1.87. The molecule has 2 aromatic carbocycles. The predicted molar refractivity (Wildman–Crippen MR) is 103 cm³/mol. The number of nitrogens with one attached hydrogen (secondary N) is 1. The summed E-state index contributed by atoms with van der Waals surface area (Å²) in [5, 5.41) is 0.985. The number of carbonyl (C=O) groups excluding carboxylic acids is 1. The third-order valence-electron chi connectivity index (χ3n) is 3.80. The maximum atomic E-state index is 12.8. The SMILES string of the molecule is CNS(=O)(=O)c1ccc(Cl)c(C(=O)N(C)Cc2nc3ccccc3s2)c1. The van der Waals surface area contributed by atoms with Gasteiger partial charge in [0.1, 0.15) is 5.01 Å². The first-order chi connectivity index (χ1) is 12.3. The van der Waals surface area contributed by atoms with Crippen molar-refractivity contribution >= 4 is 49.1 Å². The van der Waals surface area contributed by atoms with Gasteiger partial charge in [0, 0.05) is 7.05 Å². The van der Waals surface area contributed by atoms with Crippen molar-refractivity contribution in [2.45, 2.75) is 11.4 Å². The Labute approximate surface area is 160 Å². The van der Waals surface area contributed by atoms with Crippen molar-refractivity contribution in [2.24, 2.45) is 0 Å². The molecule has 0 fully saturated rings. The summed E-state index contributed by atoms with van der Waals surface area (Å²) in [6.07, 6.45) is 0. The summed E-state index contributed by atoms with van der Waals surface area (Å²) in [6.45, 7) is 0.303. The molecular formula is C17H16ClN3O3S2. The quantitative estimate of drug-likeness (QED) is 0.702. The Morgan fingerprint density at radius 3 is 2.69 bits per heavy atom. The topological polar surface area (TPSA) is 79.4 Å². The van der Waals surface area contributed by atoms with Crippen molar-refractivity contribution in [3.05, 3.63) is 58.1 Å². The van der Waals surface area contributed by atoms with E-state index in [0.29, 0.717) is 6.54 Å². The van der Waals surface area contributed by atoms with E-state index in [1.54, 1.807) is 7.05 Å². The number of rotatable bonds is 5. The summed E-state index contributed by atoms with van der Waals surface area (Å²) in [5.74, 6) is -0.373. The summed E-state index contributed by atoms with van der Waals surface area (Å²) in [4.78, 5) is 18.7. The van der Waals surface area contributed by atoms with E-state index in [9.17, 15) is 13.2 Å². The van der Waals surface area contributed by atoms with Gasteiger partial charge in [0.2, 0.25) is 10.0 Å². The third kappa shape index (κ3) is 3.73. The molecule has 3 aromatic rings. The summed E-state index contributed by atoms with van der Waals surface area (Å²) in [5.41, 5.74) is 1.01. The van der Waals surface area contributed by atoms with Gasteiger partial charge in [0.05, 0.1) is 32.2 Å². The first-order valence-electron chi connectivity index (χ1n) is 7.65. The number of para-hydroxylation sites is 1. The standard InChI is InChI=1S/C17H16ClN3O3S2/c1-19-26(23,24)11-7-8-13(18)12(9-11)17(22)21(2)10-16-20-14-5-3-4-6-15(14)25-16/h3-9,19H,10H2,1-2H3. The zero-order valence-corrected chi connectivity index (χ0v) is 16.5. The van der Waals surface area contributed by atoms with E-state index in [-0.39, 0.29) is 21.4 Å². The van der Waals surface area contributed by atoms with Crippen LogP contribution in [0.25, 0.3) is 10.2 Å². The zero-order chi connectivity index (χ0) is 18.9. The van der Waals surface area contributed by atoms with E-state index in [0.717, 1.165) is 15.2 Å². The zero-order valence-electron chi connectivity index (χ0n) is 14.1. The number of thiazole rings is 1. The average molecular weight is 410 g/mol. The molecule has 0 aliphatic heterocycles. The minimum Gasteiger partial charge on any atom is -0.335 e. The number of hydrogen-bond acceptors (Lipinski definition) is 5. The maximum absolute atomic E-state index is 12.8.